The number of hydrogen-bond acceptors (Lipinski definition) is 9. The Balaban J connectivity index is 1.20. The zero-order chi connectivity index (χ0) is 34.1. The number of halogens is 2. The summed E-state index contributed by atoms with van der Waals surface area (Å²) in [5.41, 5.74) is 6.36. The summed E-state index contributed by atoms with van der Waals surface area (Å²) in [7, 11) is 1.50. The van der Waals surface area contributed by atoms with E-state index in [0.29, 0.717) is 60.3 Å². The van der Waals surface area contributed by atoms with Gasteiger partial charge in [0.1, 0.15) is 11.6 Å². The molecule has 252 valence electrons. The summed E-state index contributed by atoms with van der Waals surface area (Å²) in [6.07, 6.45) is 6.14. The Kier molecular flexibility index (Phi) is 7.38. The van der Waals surface area contributed by atoms with E-state index in [2.05, 4.69) is 21.6 Å². The van der Waals surface area contributed by atoms with Crippen molar-refractivity contribution in [2.45, 2.75) is 57.5 Å². The van der Waals surface area contributed by atoms with Crippen molar-refractivity contribution in [2.75, 3.05) is 19.0 Å². The highest BCUT2D eigenvalue weighted by Crippen LogP contribution is 2.50. The standard InChI is InChI=1S/C38H32F2N6O3S/c1-19-44-45-37(49-19)31-27(13-7-20-5-8-21(39)9-6-20)42-34-28-4-3-17-46(28)38(47)33(34)32(31)30-18-24-29(50-30)15-16-41-36(24)43-26-14-11-23-22(26)10-12-25(40)35(23)48-2/h5-6,8-10,12,15-16,18,26,28H,3-4,7,11,13-14,17H2,1-2H3,(H,41,43)/t26-,28-/m0/s1. The largest absolute Gasteiger partial charge is 0.493 e. The van der Waals surface area contributed by atoms with Crippen LogP contribution in [0.2, 0.25) is 0 Å². The number of nitrogens with one attached hydrogen (secondary N) is 1. The van der Waals surface area contributed by atoms with Gasteiger partial charge in [0.2, 0.25) is 11.8 Å². The summed E-state index contributed by atoms with van der Waals surface area (Å²) in [4.78, 5) is 27.0. The van der Waals surface area contributed by atoms with Gasteiger partial charge in [-0.3, -0.25) is 9.78 Å². The summed E-state index contributed by atoms with van der Waals surface area (Å²) in [5, 5.41) is 13.1. The maximum atomic E-state index is 14.5. The Morgan fingerprint density at radius 2 is 1.90 bits per heavy atom. The average Bonchev–Trinajstić information content (AvgIpc) is 3.96. The van der Waals surface area contributed by atoms with Crippen LogP contribution in [0, 0.1) is 18.6 Å². The number of anilines is 1. The van der Waals surface area contributed by atoms with Gasteiger partial charge in [0.15, 0.2) is 11.6 Å². The molecule has 0 spiro atoms. The molecule has 1 saturated heterocycles. The second kappa shape index (κ2) is 12.0. The molecule has 2 aliphatic heterocycles. The predicted molar refractivity (Wildman–Crippen MR) is 185 cm³/mol. The molecular weight excluding hydrogens is 659 g/mol. The van der Waals surface area contributed by atoms with E-state index >= 15 is 0 Å². The van der Waals surface area contributed by atoms with Crippen LogP contribution in [0.3, 0.4) is 0 Å². The van der Waals surface area contributed by atoms with Crippen molar-refractivity contribution >= 4 is 33.1 Å². The zero-order valence-corrected chi connectivity index (χ0v) is 28.2. The van der Waals surface area contributed by atoms with Gasteiger partial charge in [0.05, 0.1) is 41.7 Å². The number of pyridine rings is 2. The minimum Gasteiger partial charge on any atom is -0.493 e. The topological polar surface area (TPSA) is 106 Å². The van der Waals surface area contributed by atoms with Crippen LogP contribution in [-0.2, 0) is 19.3 Å². The number of nitrogens with zero attached hydrogens (tertiary/aromatic N) is 5. The molecule has 0 unspecified atom stereocenters. The number of rotatable bonds is 8. The van der Waals surface area contributed by atoms with E-state index in [1.807, 2.05) is 17.0 Å². The lowest BCUT2D eigenvalue weighted by molar-refractivity contribution is 0.0776. The van der Waals surface area contributed by atoms with Gasteiger partial charge in [-0.25, -0.2) is 13.8 Å². The fourth-order valence-electron chi connectivity index (χ4n) is 7.90. The third-order valence-corrected chi connectivity index (χ3v) is 11.3. The van der Waals surface area contributed by atoms with Crippen molar-refractivity contribution in [1.29, 1.82) is 0 Å². The lowest BCUT2D eigenvalue weighted by Gasteiger charge is -2.16. The molecule has 1 aliphatic carbocycles. The van der Waals surface area contributed by atoms with Gasteiger partial charge in [-0.15, -0.1) is 21.5 Å². The van der Waals surface area contributed by atoms with Crippen LogP contribution >= 0.6 is 11.3 Å². The molecular formula is C38H32F2N6O3S. The van der Waals surface area contributed by atoms with Crippen molar-refractivity contribution in [2.24, 2.45) is 0 Å². The van der Waals surface area contributed by atoms with Crippen LogP contribution in [0.25, 0.3) is 32.0 Å². The Morgan fingerprint density at radius 3 is 2.70 bits per heavy atom. The molecule has 4 aromatic heterocycles. The second-order valence-electron chi connectivity index (χ2n) is 13.0. The van der Waals surface area contributed by atoms with Crippen LogP contribution < -0.4 is 10.1 Å². The van der Waals surface area contributed by atoms with Gasteiger partial charge in [0, 0.05) is 45.8 Å². The minimum absolute atomic E-state index is 0.0368. The molecule has 9 rings (SSSR count). The number of amides is 1. The zero-order valence-electron chi connectivity index (χ0n) is 27.4. The third kappa shape index (κ3) is 4.95. The Labute approximate surface area is 290 Å². The van der Waals surface area contributed by atoms with Crippen LogP contribution in [0.1, 0.15) is 75.7 Å². The molecule has 2 atom stereocenters. The first-order valence-corrected chi connectivity index (χ1v) is 17.6. The monoisotopic (exact) mass is 690 g/mol. The molecule has 6 heterocycles. The lowest BCUT2D eigenvalue weighted by Crippen LogP contribution is -2.22. The van der Waals surface area contributed by atoms with Gasteiger partial charge in [-0.05, 0) is 80.0 Å². The van der Waals surface area contributed by atoms with E-state index in [-0.39, 0.29) is 29.6 Å². The van der Waals surface area contributed by atoms with Crippen LogP contribution in [0.15, 0.2) is 59.1 Å². The number of hydrogen-bond donors (Lipinski definition) is 1. The number of aryl methyl sites for hydroxylation is 3. The van der Waals surface area contributed by atoms with Crippen molar-refractivity contribution in [3.63, 3.8) is 0 Å². The van der Waals surface area contributed by atoms with E-state index in [4.69, 9.17) is 19.1 Å². The third-order valence-electron chi connectivity index (χ3n) is 10.2. The van der Waals surface area contributed by atoms with Crippen molar-refractivity contribution < 1.29 is 22.7 Å². The van der Waals surface area contributed by atoms with Gasteiger partial charge in [0.25, 0.3) is 5.91 Å². The predicted octanol–water partition coefficient (Wildman–Crippen LogP) is 8.18. The molecule has 0 saturated carbocycles. The quantitative estimate of drug-likeness (QED) is 0.171. The molecule has 12 heteroatoms. The van der Waals surface area contributed by atoms with E-state index < -0.39 is 0 Å². The normalized spacial score (nSPS) is 17.8. The average molecular weight is 691 g/mol. The fourth-order valence-corrected chi connectivity index (χ4v) is 9.01. The van der Waals surface area contributed by atoms with Gasteiger partial charge in [-0.1, -0.05) is 18.2 Å². The lowest BCUT2D eigenvalue weighted by atomic mass is 9.93. The van der Waals surface area contributed by atoms with Crippen LogP contribution in [-0.4, -0.2) is 44.6 Å². The van der Waals surface area contributed by atoms with E-state index in [0.717, 1.165) is 67.9 Å². The van der Waals surface area contributed by atoms with E-state index in [9.17, 15) is 13.6 Å². The number of carbonyl (C=O) groups is 1. The van der Waals surface area contributed by atoms with Gasteiger partial charge < -0.3 is 19.4 Å². The fraction of sp³-hybridized carbons (Fsp3) is 0.289. The summed E-state index contributed by atoms with van der Waals surface area (Å²) in [6.45, 7) is 2.42. The smallest absolute Gasteiger partial charge is 0.257 e. The molecule has 50 heavy (non-hydrogen) atoms. The van der Waals surface area contributed by atoms with Crippen LogP contribution in [0.4, 0.5) is 14.6 Å². The summed E-state index contributed by atoms with van der Waals surface area (Å²) in [6, 6.07) is 13.7. The molecule has 1 N–H and O–H groups in total. The maximum absolute atomic E-state index is 14.5. The van der Waals surface area contributed by atoms with Gasteiger partial charge in [-0.2, -0.15) is 0 Å². The first-order chi connectivity index (χ1) is 24.4. The molecule has 6 aromatic rings. The SMILES string of the molecule is COc1c(F)ccc2c1CC[C@@H]2Nc1nccc2sc(-c3c4c(nc(CCc5ccc(F)cc5)c3-c3nnc(C)o3)[C@@H]3CCCN3C4=O)cc12. The molecule has 0 radical (unpaired) electrons. The first kappa shape index (κ1) is 30.8. The Hall–Kier alpha value is -5.23. The number of fused-ring (bicyclic) bond motifs is 5. The van der Waals surface area contributed by atoms with E-state index in [1.165, 1.54) is 25.3 Å². The van der Waals surface area contributed by atoms with E-state index in [1.54, 1.807) is 36.6 Å². The Morgan fingerprint density at radius 1 is 1.04 bits per heavy atom. The van der Waals surface area contributed by atoms with Gasteiger partial charge >= 0.3 is 0 Å². The molecule has 1 amide bonds. The molecule has 2 aromatic carbocycles. The second-order valence-corrected chi connectivity index (χ2v) is 14.1. The Bertz CT molecular complexity index is 2320. The van der Waals surface area contributed by atoms with Crippen molar-refractivity contribution in [1.82, 2.24) is 25.1 Å². The molecule has 1 fully saturated rings. The number of carbonyl (C=O) groups excluding carboxylic acids is 1. The minimum atomic E-state index is -0.362. The number of aromatic nitrogens is 4. The summed E-state index contributed by atoms with van der Waals surface area (Å²) in [5.74, 6) is 1.03. The highest BCUT2D eigenvalue weighted by Gasteiger charge is 2.45. The molecule has 9 nitrogen and oxygen atoms in total. The number of methoxy groups -OCH3 is 1. The first-order valence-electron chi connectivity index (χ1n) is 16.8. The summed E-state index contributed by atoms with van der Waals surface area (Å²) < 4.78 is 40.7. The molecule has 3 aliphatic rings. The van der Waals surface area contributed by atoms with Crippen molar-refractivity contribution in [3.05, 3.63) is 106 Å². The maximum Gasteiger partial charge on any atom is 0.257 e. The highest BCUT2D eigenvalue weighted by atomic mass is 32.1. The molecule has 0 bridgehead atoms. The van der Waals surface area contributed by atoms with Crippen molar-refractivity contribution in [3.8, 4) is 27.6 Å². The highest BCUT2D eigenvalue weighted by molar-refractivity contribution is 7.22. The number of benzene rings is 2. The number of thiophene rings is 1. The summed E-state index contributed by atoms with van der Waals surface area (Å²) >= 11 is 1.57. The number of ether oxygens (including phenoxy) is 1. The van der Waals surface area contributed by atoms with Crippen LogP contribution in [0.5, 0.6) is 5.75 Å².